The molecular weight excluding hydrogens is 454 g/mol. The van der Waals surface area contributed by atoms with E-state index in [-0.39, 0.29) is 18.1 Å². The predicted octanol–water partition coefficient (Wildman–Crippen LogP) is 4.25. The second-order valence-corrected chi connectivity index (χ2v) is 8.99. The van der Waals surface area contributed by atoms with Crippen LogP contribution in [0, 0.1) is 0 Å². The number of benzene rings is 1. The van der Waals surface area contributed by atoms with Crippen molar-refractivity contribution in [1.29, 1.82) is 0 Å². The number of nitrogen functional groups attached to an aromatic ring is 1. The van der Waals surface area contributed by atoms with E-state index in [1.807, 2.05) is 61.0 Å². The number of fused-ring (bicyclic) bond motifs is 4. The van der Waals surface area contributed by atoms with Gasteiger partial charge in [-0.25, -0.2) is 19.9 Å². The minimum atomic E-state index is -0.377. The fourth-order valence-electron chi connectivity index (χ4n) is 4.85. The van der Waals surface area contributed by atoms with Crippen LogP contribution in [0.25, 0.3) is 16.6 Å². The molecule has 180 valence electrons. The van der Waals surface area contributed by atoms with Crippen molar-refractivity contribution in [2.24, 2.45) is 0 Å². The number of amides is 1. The van der Waals surface area contributed by atoms with Gasteiger partial charge in [-0.3, -0.25) is 4.79 Å². The summed E-state index contributed by atoms with van der Waals surface area (Å²) in [6.45, 7) is 4.63. The van der Waals surface area contributed by atoms with Gasteiger partial charge in [-0.1, -0.05) is 6.07 Å². The van der Waals surface area contributed by atoms with E-state index in [0.717, 1.165) is 33.4 Å². The standard InChI is InChI=1S/C27H25N7O2/c1-16(26-29-9-5-10-30-26)34(14-19-13-33-11-4-3-6-23(33)31-19)27(35)18-7-8-22-20(12-18)21-15-36-17(2)24(21)25(28)32-22/h3-13,16-17H,14-15H2,1-2H3,(H2,28,32). The fraction of sp³-hybridized carbons (Fsp3) is 0.222. The summed E-state index contributed by atoms with van der Waals surface area (Å²) in [5.74, 6) is 0.893. The summed E-state index contributed by atoms with van der Waals surface area (Å²) in [5, 5.41) is 0.880. The first-order chi connectivity index (χ1) is 17.5. The van der Waals surface area contributed by atoms with Crippen LogP contribution in [0.5, 0.6) is 0 Å². The largest absolute Gasteiger partial charge is 0.383 e. The van der Waals surface area contributed by atoms with Gasteiger partial charge in [-0.2, -0.15) is 0 Å². The molecule has 2 unspecified atom stereocenters. The average Bonchev–Trinajstić information content (AvgIpc) is 3.50. The van der Waals surface area contributed by atoms with Crippen molar-refractivity contribution in [1.82, 2.24) is 29.2 Å². The number of hydrogen-bond donors (Lipinski definition) is 1. The van der Waals surface area contributed by atoms with E-state index in [0.29, 0.717) is 30.4 Å². The molecule has 0 saturated heterocycles. The number of aromatic nitrogens is 5. The summed E-state index contributed by atoms with van der Waals surface area (Å²) < 4.78 is 7.76. The molecule has 5 heterocycles. The zero-order chi connectivity index (χ0) is 24.8. The third-order valence-corrected chi connectivity index (χ3v) is 6.73. The highest BCUT2D eigenvalue weighted by Gasteiger charge is 2.28. The molecule has 5 aromatic rings. The van der Waals surface area contributed by atoms with Crippen molar-refractivity contribution in [3.63, 3.8) is 0 Å². The van der Waals surface area contributed by atoms with Crippen LogP contribution in [0.2, 0.25) is 0 Å². The van der Waals surface area contributed by atoms with E-state index >= 15 is 0 Å². The van der Waals surface area contributed by atoms with Crippen LogP contribution in [-0.4, -0.2) is 35.1 Å². The molecule has 0 fully saturated rings. The molecular formula is C27H25N7O2. The number of hydrogen-bond acceptors (Lipinski definition) is 7. The smallest absolute Gasteiger partial charge is 0.254 e. The SMILES string of the molecule is CC1OCc2c1c(N)nc1ccc(C(=O)N(Cc3cn4ccccc4n3)C(C)c3ncccn3)cc21. The number of rotatable bonds is 5. The van der Waals surface area contributed by atoms with E-state index in [1.165, 1.54) is 0 Å². The Morgan fingerprint density at radius 3 is 2.83 bits per heavy atom. The van der Waals surface area contributed by atoms with Crippen molar-refractivity contribution in [2.45, 2.75) is 39.1 Å². The third kappa shape index (κ3) is 3.74. The summed E-state index contributed by atoms with van der Waals surface area (Å²) >= 11 is 0. The topological polar surface area (TPSA) is 112 Å². The minimum Gasteiger partial charge on any atom is -0.383 e. The molecule has 2 atom stereocenters. The number of anilines is 1. The van der Waals surface area contributed by atoms with Gasteiger partial charge >= 0.3 is 0 Å². The van der Waals surface area contributed by atoms with E-state index in [9.17, 15) is 4.79 Å². The number of pyridine rings is 2. The zero-order valence-corrected chi connectivity index (χ0v) is 20.0. The van der Waals surface area contributed by atoms with E-state index in [2.05, 4.69) is 15.0 Å². The maximum Gasteiger partial charge on any atom is 0.254 e. The Morgan fingerprint density at radius 1 is 1.19 bits per heavy atom. The predicted molar refractivity (Wildman–Crippen MR) is 135 cm³/mol. The first kappa shape index (κ1) is 22.1. The summed E-state index contributed by atoms with van der Waals surface area (Å²) in [6, 6.07) is 12.7. The van der Waals surface area contributed by atoms with E-state index < -0.39 is 0 Å². The molecule has 0 radical (unpaired) electrons. The molecule has 1 aliphatic rings. The van der Waals surface area contributed by atoms with Crippen LogP contribution >= 0.6 is 0 Å². The van der Waals surface area contributed by atoms with Crippen LogP contribution in [0.4, 0.5) is 5.82 Å². The number of nitrogens with two attached hydrogens (primary N) is 1. The summed E-state index contributed by atoms with van der Waals surface area (Å²) in [4.78, 5) is 33.8. The van der Waals surface area contributed by atoms with Crippen LogP contribution in [0.15, 0.2) is 67.3 Å². The number of carbonyl (C=O) groups is 1. The van der Waals surface area contributed by atoms with Gasteiger partial charge < -0.3 is 19.8 Å². The molecule has 4 aromatic heterocycles. The van der Waals surface area contributed by atoms with Crippen molar-refractivity contribution in [3.05, 3.63) is 95.5 Å². The molecule has 0 bridgehead atoms. The van der Waals surface area contributed by atoms with Gasteiger partial charge in [0, 0.05) is 41.3 Å². The molecule has 9 heteroatoms. The lowest BCUT2D eigenvalue weighted by Crippen LogP contribution is -2.34. The van der Waals surface area contributed by atoms with Gasteiger partial charge in [0.05, 0.1) is 36.5 Å². The molecule has 1 amide bonds. The maximum absolute atomic E-state index is 14.0. The molecule has 1 aliphatic heterocycles. The molecule has 1 aromatic carbocycles. The second kappa shape index (κ2) is 8.69. The summed E-state index contributed by atoms with van der Waals surface area (Å²) in [7, 11) is 0. The minimum absolute atomic E-state index is 0.127. The van der Waals surface area contributed by atoms with Crippen LogP contribution in [-0.2, 0) is 17.9 Å². The lowest BCUT2D eigenvalue weighted by atomic mass is 9.99. The first-order valence-electron chi connectivity index (χ1n) is 11.8. The van der Waals surface area contributed by atoms with Crippen molar-refractivity contribution >= 4 is 28.3 Å². The molecule has 36 heavy (non-hydrogen) atoms. The number of nitrogens with zero attached hydrogens (tertiary/aromatic N) is 6. The normalized spacial score (nSPS) is 15.8. The average molecular weight is 480 g/mol. The molecule has 6 rings (SSSR count). The molecule has 0 aliphatic carbocycles. The molecule has 0 saturated carbocycles. The first-order valence-corrected chi connectivity index (χ1v) is 11.8. The Kier molecular flexibility index (Phi) is 5.34. The Morgan fingerprint density at radius 2 is 2.03 bits per heavy atom. The highest BCUT2D eigenvalue weighted by molar-refractivity contribution is 5.99. The highest BCUT2D eigenvalue weighted by atomic mass is 16.5. The number of carbonyl (C=O) groups excluding carboxylic acids is 1. The van der Waals surface area contributed by atoms with Crippen LogP contribution < -0.4 is 5.73 Å². The Balaban J connectivity index is 1.42. The molecule has 2 N–H and O–H groups in total. The second-order valence-electron chi connectivity index (χ2n) is 8.99. The van der Waals surface area contributed by atoms with Gasteiger partial charge in [-0.15, -0.1) is 0 Å². The summed E-state index contributed by atoms with van der Waals surface area (Å²) in [5.41, 5.74) is 11.0. The van der Waals surface area contributed by atoms with Crippen LogP contribution in [0.1, 0.15) is 59.0 Å². The van der Waals surface area contributed by atoms with Crippen LogP contribution in [0.3, 0.4) is 0 Å². The van der Waals surface area contributed by atoms with E-state index in [1.54, 1.807) is 29.4 Å². The Hall–Kier alpha value is -4.37. The van der Waals surface area contributed by atoms with Crippen molar-refractivity contribution in [3.8, 4) is 0 Å². The van der Waals surface area contributed by atoms with Gasteiger partial charge in [0.25, 0.3) is 5.91 Å². The fourth-order valence-corrected chi connectivity index (χ4v) is 4.85. The monoisotopic (exact) mass is 479 g/mol. The van der Waals surface area contributed by atoms with Gasteiger partial charge in [0.2, 0.25) is 0 Å². The quantitative estimate of drug-likeness (QED) is 0.401. The summed E-state index contributed by atoms with van der Waals surface area (Å²) in [6.07, 6.45) is 7.12. The Labute approximate surface area is 207 Å². The van der Waals surface area contributed by atoms with Crippen molar-refractivity contribution in [2.75, 3.05) is 5.73 Å². The number of ether oxygens (including phenoxy) is 1. The van der Waals surface area contributed by atoms with Gasteiger partial charge in [-0.05, 0) is 55.8 Å². The number of imidazole rings is 1. The molecule has 9 nitrogen and oxygen atoms in total. The lowest BCUT2D eigenvalue weighted by Gasteiger charge is -2.28. The Bertz CT molecular complexity index is 1570. The zero-order valence-electron chi connectivity index (χ0n) is 20.0. The van der Waals surface area contributed by atoms with Crippen molar-refractivity contribution < 1.29 is 9.53 Å². The highest BCUT2D eigenvalue weighted by Crippen LogP contribution is 2.38. The third-order valence-electron chi connectivity index (χ3n) is 6.73. The lowest BCUT2D eigenvalue weighted by molar-refractivity contribution is 0.0663. The van der Waals surface area contributed by atoms with Gasteiger partial charge in [0.15, 0.2) is 0 Å². The maximum atomic E-state index is 14.0. The van der Waals surface area contributed by atoms with Gasteiger partial charge in [0.1, 0.15) is 17.3 Å². The molecule has 0 spiro atoms. The van der Waals surface area contributed by atoms with E-state index in [4.69, 9.17) is 15.5 Å².